The van der Waals surface area contributed by atoms with Gasteiger partial charge in [-0.15, -0.1) is 0 Å². The van der Waals surface area contributed by atoms with Crippen molar-refractivity contribution < 1.29 is 28.4 Å². The van der Waals surface area contributed by atoms with Gasteiger partial charge >= 0.3 is 0 Å². The first-order valence-corrected chi connectivity index (χ1v) is 2.01. The van der Waals surface area contributed by atoms with Crippen LogP contribution >= 0.6 is 0 Å². The molecule has 1 N–H and O–H groups in total. The third-order valence-electron chi connectivity index (χ3n) is 0.507. The Labute approximate surface area is 55.7 Å². The van der Waals surface area contributed by atoms with Gasteiger partial charge in [-0.2, -0.15) is 0 Å². The van der Waals surface area contributed by atoms with Gasteiger partial charge in [0.25, 0.3) is 0 Å². The molecule has 0 aromatic heterocycles. The molecule has 0 aliphatic rings. The van der Waals surface area contributed by atoms with Crippen molar-refractivity contribution in [1.29, 1.82) is 0 Å². The Hall–Kier alpha value is 0.504. The maximum absolute atomic E-state index is 8.12. The molecule has 3 heteroatoms. The molecule has 0 heterocycles. The molecule has 0 aliphatic heterocycles. The third kappa shape index (κ3) is 10.7. The summed E-state index contributed by atoms with van der Waals surface area (Å²) in [5, 5.41) is 8.12. The van der Waals surface area contributed by atoms with E-state index in [-0.39, 0.29) is 25.2 Å². The molecular formula is C4H10O2V. The molecule has 1 radical (unpaired) electrons. The van der Waals surface area contributed by atoms with Crippen molar-refractivity contribution in [2.75, 3.05) is 20.3 Å². The summed E-state index contributed by atoms with van der Waals surface area (Å²) in [7, 11) is 1.62. The number of rotatable bonds is 3. The molecule has 0 fully saturated rings. The maximum Gasteiger partial charge on any atom is 0.0484 e. The van der Waals surface area contributed by atoms with Gasteiger partial charge in [0.15, 0.2) is 0 Å². The van der Waals surface area contributed by atoms with Crippen molar-refractivity contribution in [3.05, 3.63) is 0 Å². The largest absolute Gasteiger partial charge is 0.396 e. The predicted molar refractivity (Wildman–Crippen MR) is 23.6 cm³/mol. The molecular weight excluding hydrogens is 131 g/mol. The zero-order valence-corrected chi connectivity index (χ0v) is 5.82. The number of methoxy groups -OCH3 is 1. The summed E-state index contributed by atoms with van der Waals surface area (Å²) in [6.07, 6.45) is 0.747. The van der Waals surface area contributed by atoms with Gasteiger partial charge in [-0.25, -0.2) is 0 Å². The van der Waals surface area contributed by atoms with Crippen molar-refractivity contribution in [3.8, 4) is 0 Å². The fraction of sp³-hybridized carbons (Fsp3) is 1.00. The summed E-state index contributed by atoms with van der Waals surface area (Å²) in [4.78, 5) is 0. The van der Waals surface area contributed by atoms with E-state index in [1.807, 2.05) is 0 Å². The minimum absolute atomic E-state index is 0. The van der Waals surface area contributed by atoms with E-state index >= 15 is 0 Å². The molecule has 0 aromatic rings. The van der Waals surface area contributed by atoms with E-state index in [9.17, 15) is 0 Å². The van der Waals surface area contributed by atoms with E-state index in [0.29, 0.717) is 6.61 Å². The van der Waals surface area contributed by atoms with Crippen LogP contribution in [0.2, 0.25) is 0 Å². The van der Waals surface area contributed by atoms with Gasteiger partial charge in [0, 0.05) is 38.9 Å². The summed E-state index contributed by atoms with van der Waals surface area (Å²) in [6.45, 7) is 0.893. The van der Waals surface area contributed by atoms with Crippen molar-refractivity contribution in [1.82, 2.24) is 0 Å². The van der Waals surface area contributed by atoms with Gasteiger partial charge in [-0.05, 0) is 6.42 Å². The molecule has 0 saturated heterocycles. The first kappa shape index (κ1) is 10.5. The standard InChI is InChI=1S/C4H10O2.V/c1-6-4-2-3-5;/h5H,2-4H2,1H3;. The smallest absolute Gasteiger partial charge is 0.0484 e. The molecule has 0 aliphatic carbocycles. The molecule has 43 valence electrons. The van der Waals surface area contributed by atoms with E-state index in [2.05, 4.69) is 4.74 Å². The van der Waals surface area contributed by atoms with Gasteiger partial charge in [0.05, 0.1) is 0 Å². The van der Waals surface area contributed by atoms with E-state index in [0.717, 1.165) is 6.42 Å². The fourth-order valence-electron chi connectivity index (χ4n) is 0.209. The SMILES string of the molecule is COCCCO.[V]. The van der Waals surface area contributed by atoms with Gasteiger partial charge in [0.1, 0.15) is 0 Å². The first-order chi connectivity index (χ1) is 2.91. The molecule has 0 atom stereocenters. The molecule has 0 spiro atoms. The molecule has 0 aromatic carbocycles. The van der Waals surface area contributed by atoms with E-state index < -0.39 is 0 Å². The minimum atomic E-state index is 0. The summed E-state index contributed by atoms with van der Waals surface area (Å²) in [6, 6.07) is 0. The number of aliphatic hydroxyl groups excluding tert-OH is 1. The topological polar surface area (TPSA) is 29.5 Å². The van der Waals surface area contributed by atoms with Gasteiger partial charge in [0.2, 0.25) is 0 Å². The van der Waals surface area contributed by atoms with Crippen molar-refractivity contribution >= 4 is 0 Å². The molecule has 0 amide bonds. The summed E-state index contributed by atoms with van der Waals surface area (Å²) in [5.74, 6) is 0. The van der Waals surface area contributed by atoms with Crippen LogP contribution in [0, 0.1) is 0 Å². The van der Waals surface area contributed by atoms with Crippen molar-refractivity contribution in [3.63, 3.8) is 0 Å². The van der Waals surface area contributed by atoms with Crippen LogP contribution in [0.5, 0.6) is 0 Å². The number of hydrogen-bond acceptors (Lipinski definition) is 2. The normalized spacial score (nSPS) is 7.71. The first-order valence-electron chi connectivity index (χ1n) is 2.01. The number of aliphatic hydroxyl groups is 1. The van der Waals surface area contributed by atoms with Gasteiger partial charge < -0.3 is 9.84 Å². The zero-order chi connectivity index (χ0) is 4.83. The van der Waals surface area contributed by atoms with Gasteiger partial charge in [-0.3, -0.25) is 0 Å². The molecule has 0 unspecified atom stereocenters. The Morgan fingerprint density at radius 1 is 1.57 bits per heavy atom. The van der Waals surface area contributed by atoms with Crippen LogP contribution in [0.1, 0.15) is 6.42 Å². The Bertz CT molecular complexity index is 21.7. The summed E-state index contributed by atoms with van der Waals surface area (Å²) < 4.78 is 4.62. The van der Waals surface area contributed by atoms with Gasteiger partial charge in [-0.1, -0.05) is 0 Å². The molecule has 0 bridgehead atoms. The Kier molecular flexibility index (Phi) is 14.5. The van der Waals surface area contributed by atoms with E-state index in [4.69, 9.17) is 5.11 Å². The molecule has 0 saturated carbocycles. The number of ether oxygens (including phenoxy) is 1. The second-order valence-corrected chi connectivity index (χ2v) is 1.07. The average Bonchev–Trinajstić information content (AvgIpc) is 1.61. The molecule has 0 rings (SSSR count). The summed E-state index contributed by atoms with van der Waals surface area (Å²) in [5.41, 5.74) is 0. The quantitative estimate of drug-likeness (QED) is 0.561. The predicted octanol–water partition coefficient (Wildman–Crippen LogP) is 0.0127. The van der Waals surface area contributed by atoms with Crippen LogP contribution in [-0.2, 0) is 23.3 Å². The second-order valence-electron chi connectivity index (χ2n) is 1.07. The fourth-order valence-corrected chi connectivity index (χ4v) is 0.209. The number of hydrogen-bond donors (Lipinski definition) is 1. The maximum atomic E-state index is 8.12. The van der Waals surface area contributed by atoms with Crippen LogP contribution in [0.25, 0.3) is 0 Å². The van der Waals surface area contributed by atoms with Crippen LogP contribution in [0.15, 0.2) is 0 Å². The Morgan fingerprint density at radius 3 is 2.29 bits per heavy atom. The van der Waals surface area contributed by atoms with Crippen LogP contribution < -0.4 is 0 Å². The minimum Gasteiger partial charge on any atom is -0.396 e. The Morgan fingerprint density at radius 2 is 2.14 bits per heavy atom. The van der Waals surface area contributed by atoms with Crippen LogP contribution in [0.4, 0.5) is 0 Å². The Balaban J connectivity index is 0. The van der Waals surface area contributed by atoms with Crippen LogP contribution in [-0.4, -0.2) is 25.4 Å². The monoisotopic (exact) mass is 141 g/mol. The molecule has 7 heavy (non-hydrogen) atoms. The van der Waals surface area contributed by atoms with Crippen molar-refractivity contribution in [2.45, 2.75) is 6.42 Å². The summed E-state index contributed by atoms with van der Waals surface area (Å²) >= 11 is 0. The average molecular weight is 141 g/mol. The van der Waals surface area contributed by atoms with Crippen molar-refractivity contribution in [2.24, 2.45) is 0 Å². The zero-order valence-electron chi connectivity index (χ0n) is 4.42. The van der Waals surface area contributed by atoms with E-state index in [1.165, 1.54) is 0 Å². The second kappa shape index (κ2) is 9.71. The molecule has 2 nitrogen and oxygen atoms in total. The van der Waals surface area contributed by atoms with E-state index in [1.54, 1.807) is 7.11 Å². The third-order valence-corrected chi connectivity index (χ3v) is 0.507. The van der Waals surface area contributed by atoms with Crippen LogP contribution in [0.3, 0.4) is 0 Å².